The molecule has 4 nitrogen and oxygen atoms in total. The highest BCUT2D eigenvalue weighted by Crippen LogP contribution is 2.18. The Morgan fingerprint density at radius 2 is 2.31 bits per heavy atom. The van der Waals surface area contributed by atoms with Crippen molar-refractivity contribution in [2.45, 2.75) is 26.2 Å². The van der Waals surface area contributed by atoms with E-state index >= 15 is 0 Å². The lowest BCUT2D eigenvalue weighted by Crippen LogP contribution is -2.45. The van der Waals surface area contributed by atoms with Crippen LogP contribution in [-0.4, -0.2) is 25.0 Å². The van der Waals surface area contributed by atoms with Gasteiger partial charge in [0.25, 0.3) is 0 Å². The first-order valence-corrected chi connectivity index (χ1v) is 4.31. The van der Waals surface area contributed by atoms with E-state index in [1.54, 1.807) is 19.1 Å². The predicted octanol–water partition coefficient (Wildman–Crippen LogP) is -0.310. The highest BCUT2D eigenvalue weighted by atomic mass is 16.7. The molecule has 0 aromatic carbocycles. The summed E-state index contributed by atoms with van der Waals surface area (Å²) in [6.45, 7) is 4.07. The maximum absolute atomic E-state index is 10.6. The smallest absolute Gasteiger partial charge is 0.177 e. The molecule has 1 aliphatic heterocycles. The summed E-state index contributed by atoms with van der Waals surface area (Å²) in [6, 6.07) is 0. The van der Waals surface area contributed by atoms with Crippen LogP contribution in [0, 0.1) is 5.92 Å². The van der Waals surface area contributed by atoms with E-state index in [-0.39, 0.29) is 5.92 Å². The molecule has 0 aliphatic carbocycles. The number of hydrogen-bond acceptors (Lipinski definition) is 4. The Bertz CT molecular complexity index is 212. The maximum atomic E-state index is 10.6. The highest BCUT2D eigenvalue weighted by Gasteiger charge is 2.24. The van der Waals surface area contributed by atoms with Gasteiger partial charge in [0.15, 0.2) is 6.29 Å². The van der Waals surface area contributed by atoms with Crippen LogP contribution in [0.1, 0.15) is 13.8 Å². The average Bonchev–Trinajstić information content (AvgIpc) is 2.08. The fourth-order valence-corrected chi connectivity index (χ4v) is 1.21. The maximum Gasteiger partial charge on any atom is 0.177 e. The van der Waals surface area contributed by atoms with E-state index in [1.165, 1.54) is 0 Å². The Morgan fingerprint density at radius 1 is 1.62 bits per heavy atom. The molecule has 0 aromatic heterocycles. The van der Waals surface area contributed by atoms with E-state index < -0.39 is 18.4 Å². The number of carboxylic acid groups (broad SMARTS) is 1. The van der Waals surface area contributed by atoms with Gasteiger partial charge in [-0.05, 0) is 13.0 Å². The zero-order valence-electron chi connectivity index (χ0n) is 7.73. The molecule has 13 heavy (non-hydrogen) atoms. The Morgan fingerprint density at radius 3 is 2.85 bits per heavy atom. The van der Waals surface area contributed by atoms with Crippen molar-refractivity contribution in [3.63, 3.8) is 0 Å². The van der Waals surface area contributed by atoms with Crippen LogP contribution in [0.4, 0.5) is 0 Å². The zero-order valence-corrected chi connectivity index (χ0v) is 7.73. The fraction of sp³-hybridized carbons (Fsp3) is 0.667. The number of rotatable bonds is 3. The van der Waals surface area contributed by atoms with E-state index in [9.17, 15) is 9.90 Å². The van der Waals surface area contributed by atoms with Gasteiger partial charge in [-0.3, -0.25) is 0 Å². The molecule has 3 atom stereocenters. The topological polar surface area (TPSA) is 58.6 Å². The Labute approximate surface area is 77.1 Å². The van der Waals surface area contributed by atoms with E-state index in [1.807, 2.05) is 6.92 Å². The molecular weight excluding hydrogens is 172 g/mol. The van der Waals surface area contributed by atoms with Crippen molar-refractivity contribution in [2.75, 3.05) is 6.61 Å². The second-order valence-corrected chi connectivity index (χ2v) is 2.94. The molecular formula is C9H13O4-. The minimum absolute atomic E-state index is 0.165. The van der Waals surface area contributed by atoms with Gasteiger partial charge in [0.1, 0.15) is 6.10 Å². The lowest BCUT2D eigenvalue weighted by molar-refractivity contribution is -0.324. The fourth-order valence-electron chi connectivity index (χ4n) is 1.21. The predicted molar refractivity (Wildman–Crippen MR) is 43.6 cm³/mol. The second-order valence-electron chi connectivity index (χ2n) is 2.94. The first kappa shape index (κ1) is 10.2. The molecule has 1 aliphatic rings. The summed E-state index contributed by atoms with van der Waals surface area (Å²) in [6.07, 6.45) is 2.03. The summed E-state index contributed by atoms with van der Waals surface area (Å²) >= 11 is 0. The van der Waals surface area contributed by atoms with Gasteiger partial charge in [-0.2, -0.15) is 0 Å². The Hall–Kier alpha value is -0.870. The van der Waals surface area contributed by atoms with Crippen LogP contribution in [0.15, 0.2) is 12.2 Å². The van der Waals surface area contributed by atoms with Gasteiger partial charge in [-0.25, -0.2) is 0 Å². The van der Waals surface area contributed by atoms with Gasteiger partial charge in [0, 0.05) is 12.5 Å². The van der Waals surface area contributed by atoms with Crippen LogP contribution in [0.25, 0.3) is 0 Å². The molecule has 0 saturated carbocycles. The standard InChI is InChI=1S/C9H14O4/c1-3-12-7-5-4-6(2)8(13-7)9(10)11/h4-8H,3H2,1-2H3,(H,10,11)/p-1. The Kier molecular flexibility index (Phi) is 3.45. The average molecular weight is 185 g/mol. The first-order valence-electron chi connectivity index (χ1n) is 4.31. The third-order valence-corrected chi connectivity index (χ3v) is 1.89. The van der Waals surface area contributed by atoms with Gasteiger partial charge in [0.2, 0.25) is 0 Å². The van der Waals surface area contributed by atoms with Gasteiger partial charge >= 0.3 is 0 Å². The van der Waals surface area contributed by atoms with Crippen molar-refractivity contribution in [2.24, 2.45) is 5.92 Å². The number of ether oxygens (including phenoxy) is 2. The summed E-state index contributed by atoms with van der Waals surface area (Å²) in [5.41, 5.74) is 0. The third kappa shape index (κ3) is 2.54. The second kappa shape index (κ2) is 4.39. The summed E-state index contributed by atoms with van der Waals surface area (Å²) in [5.74, 6) is -1.36. The van der Waals surface area contributed by atoms with Crippen molar-refractivity contribution >= 4 is 5.97 Å². The van der Waals surface area contributed by atoms with Crippen molar-refractivity contribution in [3.05, 3.63) is 12.2 Å². The van der Waals surface area contributed by atoms with Gasteiger partial charge in [-0.15, -0.1) is 0 Å². The summed E-state index contributed by atoms with van der Waals surface area (Å²) in [7, 11) is 0. The van der Waals surface area contributed by atoms with Crippen molar-refractivity contribution in [1.29, 1.82) is 0 Å². The number of hydrogen-bond donors (Lipinski definition) is 0. The molecule has 0 bridgehead atoms. The summed E-state index contributed by atoms with van der Waals surface area (Å²) in [5, 5.41) is 10.6. The molecule has 74 valence electrons. The third-order valence-electron chi connectivity index (χ3n) is 1.89. The quantitative estimate of drug-likeness (QED) is 0.566. The Balaban J connectivity index is 2.59. The summed E-state index contributed by atoms with van der Waals surface area (Å²) in [4.78, 5) is 10.6. The lowest BCUT2D eigenvalue weighted by Gasteiger charge is -2.30. The molecule has 0 radical (unpaired) electrons. The van der Waals surface area contributed by atoms with Crippen LogP contribution in [-0.2, 0) is 14.3 Å². The molecule has 1 rings (SSSR count). The van der Waals surface area contributed by atoms with Gasteiger partial charge in [0.05, 0.1) is 5.97 Å². The minimum atomic E-state index is -1.19. The van der Waals surface area contributed by atoms with Gasteiger partial charge < -0.3 is 19.4 Å². The van der Waals surface area contributed by atoms with Crippen LogP contribution in [0.3, 0.4) is 0 Å². The van der Waals surface area contributed by atoms with Crippen molar-refractivity contribution in [3.8, 4) is 0 Å². The van der Waals surface area contributed by atoms with E-state index in [0.29, 0.717) is 6.61 Å². The number of carbonyl (C=O) groups excluding carboxylic acids is 1. The van der Waals surface area contributed by atoms with Crippen LogP contribution >= 0.6 is 0 Å². The molecule has 4 heteroatoms. The van der Waals surface area contributed by atoms with Crippen LogP contribution in [0.2, 0.25) is 0 Å². The monoisotopic (exact) mass is 185 g/mol. The molecule has 0 N–H and O–H groups in total. The van der Waals surface area contributed by atoms with E-state index in [4.69, 9.17) is 9.47 Å². The number of carbonyl (C=O) groups is 1. The lowest BCUT2D eigenvalue weighted by atomic mass is 10.0. The summed E-state index contributed by atoms with van der Waals surface area (Å²) < 4.78 is 10.2. The molecule has 3 unspecified atom stereocenters. The largest absolute Gasteiger partial charge is 0.547 e. The van der Waals surface area contributed by atoms with E-state index in [0.717, 1.165) is 0 Å². The van der Waals surface area contributed by atoms with Gasteiger partial charge in [-0.1, -0.05) is 13.0 Å². The minimum Gasteiger partial charge on any atom is -0.547 e. The molecule has 0 amide bonds. The molecule has 0 fully saturated rings. The SMILES string of the molecule is CCOC1C=CC(C)C(C(=O)[O-])O1. The molecule has 0 saturated heterocycles. The van der Waals surface area contributed by atoms with Crippen LogP contribution in [0.5, 0.6) is 0 Å². The molecule has 0 aromatic rings. The number of aliphatic carboxylic acids is 1. The normalized spacial score (nSPS) is 33.2. The molecule has 0 spiro atoms. The van der Waals surface area contributed by atoms with Crippen LogP contribution < -0.4 is 5.11 Å². The molecule has 1 heterocycles. The van der Waals surface area contributed by atoms with E-state index in [2.05, 4.69) is 0 Å². The van der Waals surface area contributed by atoms with Crippen molar-refractivity contribution < 1.29 is 19.4 Å². The van der Waals surface area contributed by atoms with Crippen molar-refractivity contribution in [1.82, 2.24) is 0 Å². The number of carboxylic acids is 1. The first-order chi connectivity index (χ1) is 6.15. The highest BCUT2D eigenvalue weighted by molar-refractivity contribution is 5.71. The zero-order chi connectivity index (χ0) is 9.84.